The lowest BCUT2D eigenvalue weighted by Crippen LogP contribution is -1.99. The average molecular weight is 185 g/mol. The van der Waals surface area contributed by atoms with Crippen molar-refractivity contribution in [3.05, 3.63) is 35.9 Å². The standard InChI is InChI=1S/C8H12NO2P/c1-11-12(9,10)7-8-5-3-2-4-6-8/h2-6H,7H2,1H3,(H2,9,10). The summed E-state index contributed by atoms with van der Waals surface area (Å²) in [7, 11) is -1.53. The van der Waals surface area contributed by atoms with Crippen LogP contribution in [0, 0.1) is 0 Å². The number of hydrogen-bond donors (Lipinski definition) is 1. The summed E-state index contributed by atoms with van der Waals surface area (Å²) in [5, 5.41) is 0. The van der Waals surface area contributed by atoms with Crippen LogP contribution in [0.3, 0.4) is 0 Å². The molecule has 0 aliphatic heterocycles. The van der Waals surface area contributed by atoms with Crippen molar-refractivity contribution in [1.82, 2.24) is 0 Å². The van der Waals surface area contributed by atoms with Crippen LogP contribution in [0.4, 0.5) is 0 Å². The van der Waals surface area contributed by atoms with E-state index in [1.807, 2.05) is 30.3 Å². The van der Waals surface area contributed by atoms with E-state index < -0.39 is 7.52 Å². The summed E-state index contributed by atoms with van der Waals surface area (Å²) < 4.78 is 16.0. The molecule has 1 aromatic carbocycles. The summed E-state index contributed by atoms with van der Waals surface area (Å²) in [5.41, 5.74) is 6.32. The van der Waals surface area contributed by atoms with Gasteiger partial charge in [-0.1, -0.05) is 30.3 Å². The van der Waals surface area contributed by atoms with Crippen LogP contribution in [-0.4, -0.2) is 7.11 Å². The molecule has 3 nitrogen and oxygen atoms in total. The van der Waals surface area contributed by atoms with E-state index in [1.54, 1.807) is 0 Å². The molecule has 0 aliphatic rings. The molecule has 0 saturated carbocycles. The molecule has 0 aliphatic carbocycles. The van der Waals surface area contributed by atoms with E-state index in [0.717, 1.165) is 5.56 Å². The first kappa shape index (κ1) is 9.46. The van der Waals surface area contributed by atoms with E-state index in [-0.39, 0.29) is 0 Å². The molecule has 1 rings (SSSR count). The van der Waals surface area contributed by atoms with Crippen LogP contribution in [0.2, 0.25) is 0 Å². The first-order valence-electron chi connectivity index (χ1n) is 3.61. The third kappa shape index (κ3) is 2.78. The van der Waals surface area contributed by atoms with Crippen molar-refractivity contribution in [1.29, 1.82) is 0 Å². The summed E-state index contributed by atoms with van der Waals surface area (Å²) in [6.07, 6.45) is 0.296. The van der Waals surface area contributed by atoms with Crippen LogP contribution in [-0.2, 0) is 15.3 Å². The van der Waals surface area contributed by atoms with Crippen LogP contribution in [0.1, 0.15) is 5.56 Å². The number of hydrogen-bond acceptors (Lipinski definition) is 2. The van der Waals surface area contributed by atoms with Gasteiger partial charge in [-0.15, -0.1) is 0 Å². The monoisotopic (exact) mass is 185 g/mol. The minimum absolute atomic E-state index is 0.296. The van der Waals surface area contributed by atoms with E-state index in [1.165, 1.54) is 7.11 Å². The molecule has 1 atom stereocenters. The molecule has 66 valence electrons. The first-order chi connectivity index (χ1) is 5.64. The lowest BCUT2D eigenvalue weighted by Gasteiger charge is -2.09. The van der Waals surface area contributed by atoms with Gasteiger partial charge in [-0.05, 0) is 5.56 Å². The summed E-state index contributed by atoms with van der Waals surface area (Å²) in [4.78, 5) is 0. The lowest BCUT2D eigenvalue weighted by molar-refractivity contribution is 0.393. The Balaban J connectivity index is 2.71. The molecule has 0 spiro atoms. The molecule has 4 heteroatoms. The van der Waals surface area contributed by atoms with Crippen LogP contribution in [0.25, 0.3) is 0 Å². The van der Waals surface area contributed by atoms with Gasteiger partial charge in [0.1, 0.15) is 0 Å². The molecular weight excluding hydrogens is 173 g/mol. The van der Waals surface area contributed by atoms with Gasteiger partial charge in [-0.25, -0.2) is 0 Å². The second kappa shape index (κ2) is 3.85. The molecule has 0 amide bonds. The van der Waals surface area contributed by atoms with Crippen molar-refractivity contribution in [3.8, 4) is 0 Å². The molecule has 0 heterocycles. The normalized spacial score (nSPS) is 15.5. The maximum Gasteiger partial charge on any atom is 0.271 e. The Bertz CT molecular complexity index is 286. The molecule has 0 saturated heterocycles. The van der Waals surface area contributed by atoms with E-state index in [0.29, 0.717) is 6.16 Å². The highest BCUT2D eigenvalue weighted by Crippen LogP contribution is 2.40. The largest absolute Gasteiger partial charge is 0.321 e. The second-order valence-corrected chi connectivity index (χ2v) is 4.69. The van der Waals surface area contributed by atoms with Gasteiger partial charge >= 0.3 is 0 Å². The van der Waals surface area contributed by atoms with Gasteiger partial charge in [-0.2, -0.15) is 0 Å². The summed E-state index contributed by atoms with van der Waals surface area (Å²) in [5.74, 6) is 0. The third-order valence-corrected chi connectivity index (χ3v) is 2.98. The van der Waals surface area contributed by atoms with E-state index in [9.17, 15) is 4.57 Å². The van der Waals surface area contributed by atoms with Gasteiger partial charge in [-0.3, -0.25) is 10.1 Å². The summed E-state index contributed by atoms with van der Waals surface area (Å²) >= 11 is 0. The minimum Gasteiger partial charge on any atom is -0.321 e. The Morgan fingerprint density at radius 2 is 2.00 bits per heavy atom. The molecule has 12 heavy (non-hydrogen) atoms. The highest BCUT2D eigenvalue weighted by Gasteiger charge is 2.14. The Hall–Kier alpha value is -0.630. The molecule has 0 fully saturated rings. The Labute approximate surface area is 72.0 Å². The highest BCUT2D eigenvalue weighted by molar-refractivity contribution is 7.55. The molecule has 0 radical (unpaired) electrons. The molecule has 1 aromatic rings. The van der Waals surface area contributed by atoms with E-state index in [4.69, 9.17) is 5.50 Å². The Morgan fingerprint density at radius 3 is 2.50 bits per heavy atom. The average Bonchev–Trinajstić information content (AvgIpc) is 2.06. The third-order valence-electron chi connectivity index (χ3n) is 1.55. The van der Waals surface area contributed by atoms with Crippen LogP contribution in [0.5, 0.6) is 0 Å². The van der Waals surface area contributed by atoms with Gasteiger partial charge in [0.2, 0.25) is 0 Å². The second-order valence-electron chi connectivity index (χ2n) is 2.55. The van der Waals surface area contributed by atoms with Gasteiger partial charge < -0.3 is 4.52 Å². The van der Waals surface area contributed by atoms with Crippen molar-refractivity contribution >= 4 is 7.52 Å². The van der Waals surface area contributed by atoms with Crippen molar-refractivity contribution in [2.75, 3.05) is 7.11 Å². The van der Waals surface area contributed by atoms with Crippen molar-refractivity contribution in [2.24, 2.45) is 5.50 Å². The van der Waals surface area contributed by atoms with E-state index >= 15 is 0 Å². The Morgan fingerprint density at radius 1 is 1.42 bits per heavy atom. The molecule has 0 bridgehead atoms. The molecule has 2 N–H and O–H groups in total. The van der Waals surface area contributed by atoms with Crippen LogP contribution in [0.15, 0.2) is 30.3 Å². The molecule has 0 aromatic heterocycles. The van der Waals surface area contributed by atoms with Gasteiger partial charge in [0.05, 0.1) is 6.16 Å². The first-order valence-corrected chi connectivity index (χ1v) is 5.49. The van der Waals surface area contributed by atoms with Gasteiger partial charge in [0, 0.05) is 7.11 Å². The lowest BCUT2D eigenvalue weighted by atomic mass is 10.2. The quantitative estimate of drug-likeness (QED) is 0.732. The SMILES string of the molecule is COP(N)(=O)Cc1ccccc1. The van der Waals surface area contributed by atoms with E-state index in [2.05, 4.69) is 4.52 Å². The number of benzene rings is 1. The predicted octanol–water partition coefficient (Wildman–Crippen LogP) is 1.98. The topological polar surface area (TPSA) is 52.3 Å². The fourth-order valence-corrected chi connectivity index (χ4v) is 1.75. The smallest absolute Gasteiger partial charge is 0.271 e. The van der Waals surface area contributed by atoms with Crippen LogP contribution >= 0.6 is 7.52 Å². The summed E-state index contributed by atoms with van der Waals surface area (Å²) in [6.45, 7) is 0. The van der Waals surface area contributed by atoms with Crippen molar-refractivity contribution in [3.63, 3.8) is 0 Å². The molecule has 1 unspecified atom stereocenters. The minimum atomic E-state index is -2.90. The maximum absolute atomic E-state index is 11.3. The van der Waals surface area contributed by atoms with Crippen molar-refractivity contribution < 1.29 is 9.09 Å². The summed E-state index contributed by atoms with van der Waals surface area (Å²) in [6, 6.07) is 9.41. The fraction of sp³-hybridized carbons (Fsp3) is 0.250. The fourth-order valence-electron chi connectivity index (χ4n) is 0.902. The predicted molar refractivity (Wildman–Crippen MR) is 48.9 cm³/mol. The van der Waals surface area contributed by atoms with Gasteiger partial charge in [0.15, 0.2) is 0 Å². The highest BCUT2D eigenvalue weighted by atomic mass is 31.2. The number of rotatable bonds is 3. The zero-order valence-corrected chi connectivity index (χ0v) is 7.83. The maximum atomic E-state index is 11.3. The van der Waals surface area contributed by atoms with Crippen LogP contribution < -0.4 is 5.50 Å². The zero-order valence-electron chi connectivity index (χ0n) is 6.93. The Kier molecular flexibility index (Phi) is 3.04. The molecular formula is C8H12NO2P. The number of nitrogens with two attached hydrogens (primary N) is 1. The van der Waals surface area contributed by atoms with Crippen molar-refractivity contribution in [2.45, 2.75) is 6.16 Å². The zero-order chi connectivity index (χ0) is 9.03. The van der Waals surface area contributed by atoms with Gasteiger partial charge in [0.25, 0.3) is 7.52 Å².